The van der Waals surface area contributed by atoms with Crippen LogP contribution < -0.4 is 4.74 Å². The minimum absolute atomic E-state index is 0.0290. The van der Waals surface area contributed by atoms with Crippen LogP contribution in [0.5, 0.6) is 5.75 Å². The highest BCUT2D eigenvalue weighted by atomic mass is 32.1. The monoisotopic (exact) mass is 377 g/mol. The molecule has 2 unspecified atom stereocenters. The van der Waals surface area contributed by atoms with Gasteiger partial charge in [0.25, 0.3) is 5.91 Å². The SMILES string of the molecule is Cc1ccc(OC(C)C(=O)N2CCc3sccc3C2c2ccccc2)cc1. The zero-order chi connectivity index (χ0) is 18.8. The van der Waals surface area contributed by atoms with Crippen molar-refractivity contribution >= 4 is 17.2 Å². The molecule has 0 radical (unpaired) electrons. The normalized spacial score (nSPS) is 17.3. The molecule has 3 nitrogen and oxygen atoms in total. The lowest BCUT2D eigenvalue weighted by atomic mass is 9.93. The number of amides is 1. The van der Waals surface area contributed by atoms with Crippen LogP contribution in [-0.4, -0.2) is 23.5 Å². The van der Waals surface area contributed by atoms with E-state index in [1.54, 1.807) is 11.3 Å². The number of nitrogens with zero attached hydrogens (tertiary/aromatic N) is 1. The second-order valence-corrected chi connectivity index (χ2v) is 7.97. The van der Waals surface area contributed by atoms with Crippen molar-refractivity contribution < 1.29 is 9.53 Å². The fourth-order valence-corrected chi connectivity index (χ4v) is 4.56. The van der Waals surface area contributed by atoms with Gasteiger partial charge in [0.2, 0.25) is 0 Å². The summed E-state index contributed by atoms with van der Waals surface area (Å²) in [6.45, 7) is 4.59. The van der Waals surface area contributed by atoms with E-state index >= 15 is 0 Å². The smallest absolute Gasteiger partial charge is 0.264 e. The molecule has 1 amide bonds. The number of carbonyl (C=O) groups excluding carboxylic acids is 1. The number of hydrogen-bond acceptors (Lipinski definition) is 3. The lowest BCUT2D eigenvalue weighted by molar-refractivity contribution is -0.140. The first-order valence-corrected chi connectivity index (χ1v) is 10.2. The Morgan fingerprint density at radius 3 is 2.59 bits per heavy atom. The van der Waals surface area contributed by atoms with Crippen molar-refractivity contribution in [2.75, 3.05) is 6.54 Å². The van der Waals surface area contributed by atoms with E-state index < -0.39 is 6.10 Å². The molecule has 4 rings (SSSR count). The maximum Gasteiger partial charge on any atom is 0.264 e. The molecule has 1 aromatic heterocycles. The Bertz CT molecular complexity index is 917. The van der Waals surface area contributed by atoms with Gasteiger partial charge in [0.05, 0.1) is 6.04 Å². The first kappa shape index (κ1) is 17.8. The van der Waals surface area contributed by atoms with Gasteiger partial charge >= 0.3 is 0 Å². The van der Waals surface area contributed by atoms with Crippen LogP contribution in [-0.2, 0) is 11.2 Å². The second kappa shape index (κ2) is 7.57. The number of ether oxygens (including phenoxy) is 1. The van der Waals surface area contributed by atoms with Gasteiger partial charge < -0.3 is 9.64 Å². The highest BCUT2D eigenvalue weighted by molar-refractivity contribution is 7.10. The minimum atomic E-state index is -0.529. The lowest BCUT2D eigenvalue weighted by Gasteiger charge is -2.37. The zero-order valence-corrected chi connectivity index (χ0v) is 16.4. The maximum atomic E-state index is 13.3. The molecule has 27 heavy (non-hydrogen) atoms. The molecule has 2 aromatic carbocycles. The molecule has 1 aliphatic heterocycles. The number of carbonyl (C=O) groups is 1. The van der Waals surface area contributed by atoms with E-state index in [1.807, 2.05) is 61.2 Å². The number of benzene rings is 2. The molecule has 0 fully saturated rings. The minimum Gasteiger partial charge on any atom is -0.481 e. The molecule has 0 N–H and O–H groups in total. The predicted octanol–water partition coefficient (Wildman–Crippen LogP) is 5.00. The largest absolute Gasteiger partial charge is 0.481 e. The van der Waals surface area contributed by atoms with Gasteiger partial charge in [-0.05, 0) is 55.0 Å². The van der Waals surface area contributed by atoms with Gasteiger partial charge in [-0.2, -0.15) is 0 Å². The summed E-state index contributed by atoms with van der Waals surface area (Å²) in [6.07, 6.45) is 0.374. The van der Waals surface area contributed by atoms with Crippen LogP contribution in [0.4, 0.5) is 0 Å². The van der Waals surface area contributed by atoms with Crippen molar-refractivity contribution in [2.24, 2.45) is 0 Å². The zero-order valence-electron chi connectivity index (χ0n) is 15.6. The Kier molecular flexibility index (Phi) is 4.99. The molecule has 4 heteroatoms. The van der Waals surface area contributed by atoms with Crippen molar-refractivity contribution in [1.29, 1.82) is 0 Å². The van der Waals surface area contributed by atoms with Crippen LogP contribution in [0.2, 0.25) is 0 Å². The van der Waals surface area contributed by atoms with E-state index in [0.29, 0.717) is 6.54 Å². The van der Waals surface area contributed by atoms with Gasteiger partial charge in [-0.15, -0.1) is 11.3 Å². The van der Waals surface area contributed by atoms with Gasteiger partial charge in [0.15, 0.2) is 6.10 Å². The summed E-state index contributed by atoms with van der Waals surface area (Å²) in [7, 11) is 0. The highest BCUT2D eigenvalue weighted by Crippen LogP contribution is 2.38. The van der Waals surface area contributed by atoms with Gasteiger partial charge in [0, 0.05) is 11.4 Å². The predicted molar refractivity (Wildman–Crippen MR) is 109 cm³/mol. The molecule has 0 saturated heterocycles. The van der Waals surface area contributed by atoms with E-state index in [9.17, 15) is 4.79 Å². The Hall–Kier alpha value is -2.59. The van der Waals surface area contributed by atoms with Crippen LogP contribution in [0.1, 0.15) is 34.5 Å². The van der Waals surface area contributed by atoms with Gasteiger partial charge in [-0.3, -0.25) is 4.79 Å². The van der Waals surface area contributed by atoms with Crippen molar-refractivity contribution in [3.63, 3.8) is 0 Å². The molecular weight excluding hydrogens is 354 g/mol. The van der Waals surface area contributed by atoms with Crippen molar-refractivity contribution in [1.82, 2.24) is 4.90 Å². The number of hydrogen-bond donors (Lipinski definition) is 0. The van der Waals surface area contributed by atoms with Crippen LogP contribution in [0.3, 0.4) is 0 Å². The van der Waals surface area contributed by atoms with Crippen LogP contribution in [0, 0.1) is 6.92 Å². The summed E-state index contributed by atoms with van der Waals surface area (Å²) in [6, 6.07) is 20.2. The summed E-state index contributed by atoms with van der Waals surface area (Å²) >= 11 is 1.78. The third-order valence-electron chi connectivity index (χ3n) is 5.05. The fraction of sp³-hybridized carbons (Fsp3) is 0.261. The summed E-state index contributed by atoms with van der Waals surface area (Å²) in [4.78, 5) is 16.6. The highest BCUT2D eigenvalue weighted by Gasteiger charge is 2.35. The van der Waals surface area contributed by atoms with Crippen molar-refractivity contribution in [3.05, 3.63) is 87.6 Å². The summed E-state index contributed by atoms with van der Waals surface area (Å²) < 4.78 is 5.95. The molecule has 1 aliphatic rings. The van der Waals surface area contributed by atoms with Gasteiger partial charge in [-0.25, -0.2) is 0 Å². The molecule has 2 atom stereocenters. The Labute approximate surface area is 164 Å². The quantitative estimate of drug-likeness (QED) is 0.640. The molecule has 2 heterocycles. The fourth-order valence-electron chi connectivity index (χ4n) is 3.65. The lowest BCUT2D eigenvalue weighted by Crippen LogP contribution is -2.46. The molecule has 0 spiro atoms. The second-order valence-electron chi connectivity index (χ2n) is 6.97. The first-order chi connectivity index (χ1) is 13.1. The molecule has 3 aromatic rings. The van der Waals surface area contributed by atoms with Crippen molar-refractivity contribution in [2.45, 2.75) is 32.4 Å². The number of aryl methyl sites for hydroxylation is 1. The summed E-state index contributed by atoms with van der Waals surface area (Å²) in [5, 5.41) is 2.13. The molecule has 0 bridgehead atoms. The number of rotatable bonds is 4. The topological polar surface area (TPSA) is 29.5 Å². The number of fused-ring (bicyclic) bond motifs is 1. The number of thiophene rings is 1. The van der Waals surface area contributed by atoms with E-state index in [4.69, 9.17) is 4.74 Å². The average molecular weight is 378 g/mol. The molecule has 0 aliphatic carbocycles. The summed E-state index contributed by atoms with van der Waals surface area (Å²) in [5.74, 6) is 0.757. The van der Waals surface area contributed by atoms with Crippen LogP contribution >= 0.6 is 11.3 Å². The Morgan fingerprint density at radius 2 is 1.85 bits per heavy atom. The molecule has 138 valence electrons. The summed E-state index contributed by atoms with van der Waals surface area (Å²) in [5.41, 5.74) is 3.56. The van der Waals surface area contributed by atoms with E-state index in [2.05, 4.69) is 23.6 Å². The van der Waals surface area contributed by atoms with E-state index in [-0.39, 0.29) is 11.9 Å². The standard InChI is InChI=1S/C23H23NO2S/c1-16-8-10-19(11-9-16)26-17(2)23(25)24-14-12-21-20(13-15-27-21)22(24)18-6-4-3-5-7-18/h3-11,13,15,17,22H,12,14H2,1-2H3. The average Bonchev–Trinajstić information content (AvgIpc) is 3.18. The van der Waals surface area contributed by atoms with Crippen LogP contribution in [0.25, 0.3) is 0 Å². The Morgan fingerprint density at radius 1 is 1.11 bits per heavy atom. The maximum absolute atomic E-state index is 13.3. The molecular formula is C23H23NO2S. The molecule has 0 saturated carbocycles. The van der Waals surface area contributed by atoms with Crippen molar-refractivity contribution in [3.8, 4) is 5.75 Å². The first-order valence-electron chi connectivity index (χ1n) is 9.28. The van der Waals surface area contributed by atoms with Crippen LogP contribution in [0.15, 0.2) is 66.0 Å². The third-order valence-corrected chi connectivity index (χ3v) is 6.04. The Balaban J connectivity index is 1.60. The van der Waals surface area contributed by atoms with E-state index in [0.717, 1.165) is 17.7 Å². The third kappa shape index (κ3) is 3.62. The van der Waals surface area contributed by atoms with Gasteiger partial charge in [0.1, 0.15) is 5.75 Å². The van der Waals surface area contributed by atoms with Gasteiger partial charge in [-0.1, -0.05) is 48.0 Å². The van der Waals surface area contributed by atoms with E-state index in [1.165, 1.54) is 16.0 Å².